The van der Waals surface area contributed by atoms with Crippen molar-refractivity contribution in [1.82, 2.24) is 4.90 Å². The smallest absolute Gasteiger partial charge is 0.122 e. The van der Waals surface area contributed by atoms with Crippen LogP contribution in [-0.2, 0) is 0 Å². The van der Waals surface area contributed by atoms with Crippen molar-refractivity contribution in [3.63, 3.8) is 0 Å². The zero-order valence-electron chi connectivity index (χ0n) is 12.3. The minimum absolute atomic E-state index is 0.495. The van der Waals surface area contributed by atoms with Crippen molar-refractivity contribution in [2.75, 3.05) is 34.3 Å². The van der Waals surface area contributed by atoms with Gasteiger partial charge in [-0.15, -0.1) is 0 Å². The molecule has 2 N–H and O–H groups in total. The van der Waals surface area contributed by atoms with E-state index in [9.17, 15) is 0 Å². The lowest BCUT2D eigenvalue weighted by Crippen LogP contribution is -2.23. The predicted octanol–water partition coefficient (Wildman–Crippen LogP) is 2.31. The second-order valence-electron chi connectivity index (χ2n) is 5.14. The van der Waals surface area contributed by atoms with Crippen molar-refractivity contribution < 1.29 is 4.74 Å². The molecule has 3 heteroatoms. The van der Waals surface area contributed by atoms with E-state index < -0.39 is 0 Å². The number of ether oxygens (including phenoxy) is 1. The topological polar surface area (TPSA) is 38.5 Å². The van der Waals surface area contributed by atoms with Gasteiger partial charge in [0.25, 0.3) is 0 Å². The van der Waals surface area contributed by atoms with Crippen molar-refractivity contribution in [3.05, 3.63) is 28.8 Å². The molecule has 0 bridgehead atoms. The summed E-state index contributed by atoms with van der Waals surface area (Å²) in [4.78, 5) is 2.22. The van der Waals surface area contributed by atoms with Gasteiger partial charge in [-0.05, 0) is 69.6 Å². The van der Waals surface area contributed by atoms with Crippen LogP contribution in [0.2, 0.25) is 0 Å². The molecule has 18 heavy (non-hydrogen) atoms. The Bertz CT molecular complexity index is 388. The normalized spacial score (nSPS) is 12.8. The molecular formula is C15H26N2O. The van der Waals surface area contributed by atoms with Crippen LogP contribution in [0, 0.1) is 13.8 Å². The summed E-state index contributed by atoms with van der Waals surface area (Å²) in [5.74, 6) is 1.46. The lowest BCUT2D eigenvalue weighted by molar-refractivity contribution is 0.364. The fraction of sp³-hybridized carbons (Fsp3) is 0.600. The van der Waals surface area contributed by atoms with Gasteiger partial charge < -0.3 is 15.4 Å². The molecule has 0 aliphatic rings. The molecule has 1 aromatic carbocycles. The van der Waals surface area contributed by atoms with E-state index in [1.165, 1.54) is 16.7 Å². The van der Waals surface area contributed by atoms with E-state index in [1.807, 2.05) is 0 Å². The van der Waals surface area contributed by atoms with E-state index in [-0.39, 0.29) is 0 Å². The molecule has 0 aromatic heterocycles. The Morgan fingerprint density at radius 2 is 1.89 bits per heavy atom. The number of benzene rings is 1. The van der Waals surface area contributed by atoms with Crippen LogP contribution in [0.1, 0.15) is 29.0 Å². The average molecular weight is 250 g/mol. The van der Waals surface area contributed by atoms with Gasteiger partial charge in [0, 0.05) is 6.54 Å². The second kappa shape index (κ2) is 6.76. The van der Waals surface area contributed by atoms with Gasteiger partial charge in [0.05, 0.1) is 7.11 Å². The lowest BCUT2D eigenvalue weighted by atomic mass is 9.89. The van der Waals surface area contributed by atoms with Gasteiger partial charge in [-0.25, -0.2) is 0 Å². The molecule has 0 aliphatic carbocycles. The third kappa shape index (κ3) is 3.47. The minimum atomic E-state index is 0.495. The van der Waals surface area contributed by atoms with Crippen LogP contribution < -0.4 is 10.5 Å². The summed E-state index contributed by atoms with van der Waals surface area (Å²) in [6.07, 6.45) is 1.02. The quantitative estimate of drug-likeness (QED) is 0.842. The van der Waals surface area contributed by atoms with Crippen molar-refractivity contribution in [1.29, 1.82) is 0 Å². The fourth-order valence-corrected chi connectivity index (χ4v) is 2.47. The van der Waals surface area contributed by atoms with E-state index in [1.54, 1.807) is 7.11 Å². The molecule has 0 fully saturated rings. The van der Waals surface area contributed by atoms with Crippen molar-refractivity contribution in [2.24, 2.45) is 5.73 Å². The molecule has 1 aromatic rings. The summed E-state index contributed by atoms with van der Waals surface area (Å²) in [7, 11) is 5.93. The molecule has 0 spiro atoms. The minimum Gasteiger partial charge on any atom is -0.496 e. The van der Waals surface area contributed by atoms with Crippen molar-refractivity contribution in [2.45, 2.75) is 26.2 Å². The molecular weight excluding hydrogens is 224 g/mol. The first-order valence-corrected chi connectivity index (χ1v) is 6.50. The Hall–Kier alpha value is -1.06. The second-order valence-corrected chi connectivity index (χ2v) is 5.14. The largest absolute Gasteiger partial charge is 0.496 e. The number of nitrogens with two attached hydrogens (primary N) is 1. The maximum atomic E-state index is 5.74. The highest BCUT2D eigenvalue weighted by molar-refractivity contribution is 5.45. The number of methoxy groups -OCH3 is 1. The Balaban J connectivity index is 3.08. The predicted molar refractivity (Wildman–Crippen MR) is 77.4 cm³/mol. The summed E-state index contributed by atoms with van der Waals surface area (Å²) >= 11 is 0. The van der Waals surface area contributed by atoms with Gasteiger partial charge in [0.15, 0.2) is 0 Å². The monoisotopic (exact) mass is 250 g/mol. The first-order chi connectivity index (χ1) is 8.51. The van der Waals surface area contributed by atoms with Gasteiger partial charge in [0.1, 0.15) is 5.75 Å². The third-order valence-corrected chi connectivity index (χ3v) is 3.54. The number of hydrogen-bond acceptors (Lipinski definition) is 3. The van der Waals surface area contributed by atoms with Crippen LogP contribution >= 0.6 is 0 Å². The molecule has 102 valence electrons. The number of hydrogen-bond donors (Lipinski definition) is 1. The molecule has 0 amide bonds. The Labute approximate surface area is 111 Å². The van der Waals surface area contributed by atoms with E-state index >= 15 is 0 Å². The van der Waals surface area contributed by atoms with E-state index in [4.69, 9.17) is 10.5 Å². The van der Waals surface area contributed by atoms with Crippen LogP contribution in [0.3, 0.4) is 0 Å². The molecule has 0 radical (unpaired) electrons. The van der Waals surface area contributed by atoms with Crippen LogP contribution in [0.25, 0.3) is 0 Å². The van der Waals surface area contributed by atoms with Crippen molar-refractivity contribution in [3.8, 4) is 5.75 Å². The summed E-state index contributed by atoms with van der Waals surface area (Å²) in [6, 6.07) is 4.25. The SMILES string of the molecule is COc1ccc(C(CCN)CN(C)C)c(C)c1C. The summed E-state index contributed by atoms with van der Waals surface area (Å²) in [5, 5.41) is 0. The number of likely N-dealkylation sites (N-methyl/N-ethyl adjacent to an activating group) is 1. The molecule has 0 saturated carbocycles. The van der Waals surface area contributed by atoms with Gasteiger partial charge >= 0.3 is 0 Å². The molecule has 1 unspecified atom stereocenters. The first-order valence-electron chi connectivity index (χ1n) is 6.50. The first kappa shape index (κ1) is 15.0. The number of nitrogens with zero attached hydrogens (tertiary/aromatic N) is 1. The molecule has 0 aliphatic heterocycles. The van der Waals surface area contributed by atoms with Gasteiger partial charge in [0.2, 0.25) is 0 Å². The Morgan fingerprint density at radius 3 is 2.39 bits per heavy atom. The van der Waals surface area contributed by atoms with Crippen molar-refractivity contribution >= 4 is 0 Å². The number of rotatable bonds is 6. The maximum absolute atomic E-state index is 5.74. The van der Waals surface area contributed by atoms with E-state index in [2.05, 4.69) is 45.0 Å². The van der Waals surface area contributed by atoms with Crippen LogP contribution in [0.4, 0.5) is 0 Å². The highest BCUT2D eigenvalue weighted by Gasteiger charge is 2.16. The van der Waals surface area contributed by atoms with Crippen LogP contribution in [-0.4, -0.2) is 39.2 Å². The van der Waals surface area contributed by atoms with Gasteiger partial charge in [-0.2, -0.15) is 0 Å². The standard InChI is InChI=1S/C15H26N2O/c1-11-12(2)15(18-5)7-6-14(11)13(8-9-16)10-17(3)4/h6-7,13H,8-10,16H2,1-5H3. The Morgan fingerprint density at radius 1 is 1.22 bits per heavy atom. The highest BCUT2D eigenvalue weighted by Crippen LogP contribution is 2.30. The zero-order chi connectivity index (χ0) is 13.7. The summed E-state index contributed by atoms with van der Waals surface area (Å²) in [6.45, 7) is 6.05. The maximum Gasteiger partial charge on any atom is 0.122 e. The molecule has 3 nitrogen and oxygen atoms in total. The third-order valence-electron chi connectivity index (χ3n) is 3.54. The average Bonchev–Trinajstić information content (AvgIpc) is 2.31. The zero-order valence-corrected chi connectivity index (χ0v) is 12.3. The Kier molecular flexibility index (Phi) is 5.63. The molecule has 0 heterocycles. The summed E-state index contributed by atoms with van der Waals surface area (Å²) in [5.41, 5.74) is 9.70. The fourth-order valence-electron chi connectivity index (χ4n) is 2.47. The van der Waals surface area contributed by atoms with Gasteiger partial charge in [-0.3, -0.25) is 0 Å². The molecule has 0 saturated heterocycles. The lowest BCUT2D eigenvalue weighted by Gasteiger charge is -2.24. The van der Waals surface area contributed by atoms with Gasteiger partial charge in [-0.1, -0.05) is 6.07 Å². The van der Waals surface area contributed by atoms with E-state index in [0.29, 0.717) is 5.92 Å². The summed E-state index contributed by atoms with van der Waals surface area (Å²) < 4.78 is 5.37. The van der Waals surface area contributed by atoms with Crippen LogP contribution in [0.15, 0.2) is 12.1 Å². The molecule has 1 atom stereocenters. The van der Waals surface area contributed by atoms with E-state index in [0.717, 1.165) is 25.3 Å². The highest BCUT2D eigenvalue weighted by atomic mass is 16.5. The molecule has 1 rings (SSSR count). The van der Waals surface area contributed by atoms with Crippen LogP contribution in [0.5, 0.6) is 5.75 Å².